The fraction of sp³-hybridized carbons (Fsp3) is 0.417. The third kappa shape index (κ3) is 2.79. The van der Waals surface area contributed by atoms with Crippen molar-refractivity contribution in [1.29, 1.82) is 0 Å². The van der Waals surface area contributed by atoms with Crippen LogP contribution in [0.25, 0.3) is 11.4 Å². The van der Waals surface area contributed by atoms with E-state index in [1.54, 1.807) is 17.1 Å². The predicted molar refractivity (Wildman–Crippen MR) is 72.6 cm³/mol. The van der Waals surface area contributed by atoms with Gasteiger partial charge in [-0.3, -0.25) is 4.68 Å². The molecule has 0 saturated carbocycles. The Morgan fingerprint density at radius 1 is 1.28 bits per heavy atom. The predicted octanol–water partition coefficient (Wildman–Crippen LogP) is 2.30. The summed E-state index contributed by atoms with van der Waals surface area (Å²) in [6.07, 6.45) is 3.47. The highest BCUT2D eigenvalue weighted by Crippen LogP contribution is 2.17. The van der Waals surface area contributed by atoms with Crippen molar-refractivity contribution in [3.05, 3.63) is 24.5 Å². The van der Waals surface area contributed by atoms with E-state index < -0.39 is 0 Å². The molecule has 2 heterocycles. The Hall–Kier alpha value is -1.62. The first-order valence-electron chi connectivity index (χ1n) is 5.80. The fourth-order valence-electron chi connectivity index (χ4n) is 1.51. The Labute approximate surface area is 111 Å². The van der Waals surface area contributed by atoms with Crippen LogP contribution in [0.4, 0.5) is 5.95 Å². The first-order valence-corrected chi connectivity index (χ1v) is 6.23. The number of aryl methyl sites for hydroxylation is 1. The van der Waals surface area contributed by atoms with Crippen molar-refractivity contribution in [2.45, 2.75) is 25.3 Å². The number of aromatic nitrogens is 4. The molecule has 96 valence electrons. The second-order valence-electron chi connectivity index (χ2n) is 4.22. The third-order valence-corrected chi connectivity index (χ3v) is 3.16. The smallest absolute Gasteiger partial charge is 0.223 e. The summed E-state index contributed by atoms with van der Waals surface area (Å²) in [7, 11) is 1.88. The van der Waals surface area contributed by atoms with E-state index in [-0.39, 0.29) is 11.4 Å². The third-order valence-electron chi connectivity index (χ3n) is 2.78. The van der Waals surface area contributed by atoms with Gasteiger partial charge in [-0.15, -0.1) is 11.6 Å². The van der Waals surface area contributed by atoms with E-state index in [2.05, 4.69) is 20.4 Å². The van der Waals surface area contributed by atoms with Crippen molar-refractivity contribution < 1.29 is 0 Å². The summed E-state index contributed by atoms with van der Waals surface area (Å²) in [6.45, 7) is 3.93. The topological polar surface area (TPSA) is 55.6 Å². The molecular formula is C12H16ClN5. The van der Waals surface area contributed by atoms with Gasteiger partial charge in [-0.25, -0.2) is 9.97 Å². The molecule has 0 aromatic carbocycles. The highest BCUT2D eigenvalue weighted by Gasteiger charge is 2.11. The molecule has 0 fully saturated rings. The highest BCUT2D eigenvalue weighted by molar-refractivity contribution is 6.20. The van der Waals surface area contributed by atoms with Crippen LogP contribution < -0.4 is 5.32 Å². The van der Waals surface area contributed by atoms with Crippen LogP contribution in [-0.4, -0.2) is 31.2 Å². The number of nitrogens with zero attached hydrogens (tertiary/aromatic N) is 4. The minimum atomic E-state index is 0.00830. The van der Waals surface area contributed by atoms with Crippen molar-refractivity contribution in [2.75, 3.05) is 5.32 Å². The van der Waals surface area contributed by atoms with Crippen molar-refractivity contribution >= 4 is 17.5 Å². The van der Waals surface area contributed by atoms with Crippen molar-refractivity contribution in [3.63, 3.8) is 0 Å². The molecule has 2 rings (SSSR count). The van der Waals surface area contributed by atoms with Crippen LogP contribution in [0.2, 0.25) is 0 Å². The zero-order valence-corrected chi connectivity index (χ0v) is 11.4. The molecule has 0 radical (unpaired) electrons. The van der Waals surface area contributed by atoms with Crippen LogP contribution in [0.5, 0.6) is 0 Å². The second-order valence-corrected chi connectivity index (χ2v) is 4.90. The van der Waals surface area contributed by atoms with Crippen LogP contribution in [0.15, 0.2) is 24.5 Å². The molecule has 1 unspecified atom stereocenters. The van der Waals surface area contributed by atoms with Crippen LogP contribution in [0.3, 0.4) is 0 Å². The van der Waals surface area contributed by atoms with Gasteiger partial charge in [-0.2, -0.15) is 5.10 Å². The summed E-state index contributed by atoms with van der Waals surface area (Å²) >= 11 is 6.01. The number of halogens is 1. The van der Waals surface area contributed by atoms with Crippen molar-refractivity contribution in [1.82, 2.24) is 19.7 Å². The second kappa shape index (κ2) is 5.35. The van der Waals surface area contributed by atoms with E-state index in [4.69, 9.17) is 11.6 Å². The van der Waals surface area contributed by atoms with Crippen LogP contribution in [0, 0.1) is 0 Å². The van der Waals surface area contributed by atoms with Gasteiger partial charge >= 0.3 is 0 Å². The minimum absolute atomic E-state index is 0.00830. The summed E-state index contributed by atoms with van der Waals surface area (Å²) < 4.78 is 1.78. The van der Waals surface area contributed by atoms with Gasteiger partial charge in [-0.1, -0.05) is 0 Å². The molecule has 0 aliphatic rings. The van der Waals surface area contributed by atoms with Gasteiger partial charge < -0.3 is 5.32 Å². The Bertz CT molecular complexity index is 523. The van der Waals surface area contributed by atoms with E-state index in [9.17, 15) is 0 Å². The van der Waals surface area contributed by atoms with Gasteiger partial charge in [0.25, 0.3) is 0 Å². The van der Waals surface area contributed by atoms with E-state index >= 15 is 0 Å². The maximum Gasteiger partial charge on any atom is 0.223 e. The molecule has 0 aliphatic heterocycles. The molecule has 6 heteroatoms. The number of anilines is 1. The maximum atomic E-state index is 6.01. The molecular weight excluding hydrogens is 250 g/mol. The van der Waals surface area contributed by atoms with Gasteiger partial charge in [0.1, 0.15) is 0 Å². The van der Waals surface area contributed by atoms with Crippen molar-refractivity contribution in [2.24, 2.45) is 7.05 Å². The Morgan fingerprint density at radius 2 is 2.06 bits per heavy atom. The van der Waals surface area contributed by atoms with Gasteiger partial charge in [0.15, 0.2) is 0 Å². The van der Waals surface area contributed by atoms with Crippen LogP contribution in [-0.2, 0) is 7.05 Å². The highest BCUT2D eigenvalue weighted by atomic mass is 35.5. The number of alkyl halides is 1. The van der Waals surface area contributed by atoms with E-state index in [1.165, 1.54) is 0 Å². The number of hydrogen-bond donors (Lipinski definition) is 1. The molecule has 0 bridgehead atoms. The lowest BCUT2D eigenvalue weighted by Gasteiger charge is -2.15. The first-order chi connectivity index (χ1) is 8.58. The molecule has 18 heavy (non-hydrogen) atoms. The van der Waals surface area contributed by atoms with Crippen LogP contribution in [0.1, 0.15) is 13.8 Å². The summed E-state index contributed by atoms with van der Waals surface area (Å²) in [6, 6.07) is 3.88. The lowest BCUT2D eigenvalue weighted by molar-refractivity contribution is 0.757. The van der Waals surface area contributed by atoms with E-state index in [0.29, 0.717) is 5.95 Å². The number of hydrogen-bond acceptors (Lipinski definition) is 4. The lowest BCUT2D eigenvalue weighted by atomic mass is 10.2. The zero-order valence-electron chi connectivity index (χ0n) is 10.6. The Balaban J connectivity index is 2.23. The Kier molecular flexibility index (Phi) is 3.81. The van der Waals surface area contributed by atoms with Gasteiger partial charge in [0, 0.05) is 25.5 Å². The van der Waals surface area contributed by atoms with Gasteiger partial charge in [0.05, 0.1) is 16.8 Å². The zero-order chi connectivity index (χ0) is 13.1. The van der Waals surface area contributed by atoms with Gasteiger partial charge in [0.2, 0.25) is 5.95 Å². The Morgan fingerprint density at radius 3 is 2.67 bits per heavy atom. The number of nitrogens with one attached hydrogen (secondary N) is 1. The lowest BCUT2D eigenvalue weighted by Crippen LogP contribution is -2.25. The normalized spacial score (nSPS) is 14.2. The molecule has 0 amide bonds. The van der Waals surface area contributed by atoms with E-state index in [1.807, 2.05) is 33.0 Å². The van der Waals surface area contributed by atoms with Crippen molar-refractivity contribution in [3.8, 4) is 11.4 Å². The average Bonchev–Trinajstić information content (AvgIpc) is 2.75. The molecule has 0 aliphatic carbocycles. The quantitative estimate of drug-likeness (QED) is 0.862. The summed E-state index contributed by atoms with van der Waals surface area (Å²) in [5, 5.41) is 7.31. The standard InChI is InChI=1S/C12H16ClN5/c1-8(13)9(2)16-12-14-6-4-10(17-12)11-5-7-15-18(11)3/h4-9H,1-3H3,(H,14,16,17)/t8?,9-/m1/s1. The minimum Gasteiger partial charge on any atom is -0.350 e. The molecule has 0 spiro atoms. The summed E-state index contributed by atoms with van der Waals surface area (Å²) in [5.74, 6) is 0.578. The molecule has 1 N–H and O–H groups in total. The van der Waals surface area contributed by atoms with Crippen LogP contribution >= 0.6 is 11.6 Å². The van der Waals surface area contributed by atoms with E-state index in [0.717, 1.165) is 11.4 Å². The fourth-order valence-corrected chi connectivity index (χ4v) is 1.58. The molecule has 2 aromatic rings. The molecule has 2 aromatic heterocycles. The molecule has 0 saturated heterocycles. The largest absolute Gasteiger partial charge is 0.350 e. The maximum absolute atomic E-state index is 6.01. The number of rotatable bonds is 4. The molecule has 5 nitrogen and oxygen atoms in total. The summed E-state index contributed by atoms with van der Waals surface area (Å²) in [4.78, 5) is 8.65. The first kappa shape index (κ1) is 12.8. The molecule has 2 atom stereocenters. The average molecular weight is 266 g/mol. The monoisotopic (exact) mass is 265 g/mol. The summed E-state index contributed by atoms with van der Waals surface area (Å²) in [5.41, 5.74) is 1.79. The SMILES string of the molecule is CC(Cl)[C@@H](C)Nc1nccc(-c2ccnn2C)n1. The van der Waals surface area contributed by atoms with Gasteiger partial charge in [-0.05, 0) is 26.0 Å².